The molecule has 0 aliphatic rings. The molecule has 3 aromatic rings. The summed E-state index contributed by atoms with van der Waals surface area (Å²) in [5.74, 6) is 1.25. The summed E-state index contributed by atoms with van der Waals surface area (Å²) in [7, 11) is 0. The summed E-state index contributed by atoms with van der Waals surface area (Å²) in [6.45, 7) is 3.11. The van der Waals surface area contributed by atoms with Crippen molar-refractivity contribution in [3.63, 3.8) is 0 Å². The maximum absolute atomic E-state index is 13.2. The van der Waals surface area contributed by atoms with Gasteiger partial charge in [0.1, 0.15) is 23.9 Å². The van der Waals surface area contributed by atoms with Crippen LogP contribution < -0.4 is 9.47 Å². The summed E-state index contributed by atoms with van der Waals surface area (Å²) in [5.41, 5.74) is 2.08. The van der Waals surface area contributed by atoms with Crippen LogP contribution in [0.4, 0.5) is 9.18 Å². The second-order valence-corrected chi connectivity index (χ2v) is 9.78. The summed E-state index contributed by atoms with van der Waals surface area (Å²) < 4.78 is 29.8. The van der Waals surface area contributed by atoms with E-state index in [4.69, 9.17) is 14.2 Å². The number of hydrogen-bond donors (Lipinski definition) is 1. The van der Waals surface area contributed by atoms with Crippen LogP contribution in [0.25, 0.3) is 0 Å². The Morgan fingerprint density at radius 3 is 2.28 bits per heavy atom. The minimum absolute atomic E-state index is 0.242. The number of rotatable bonds is 16. The molecule has 0 bridgehead atoms. The van der Waals surface area contributed by atoms with E-state index in [0.29, 0.717) is 25.4 Å². The van der Waals surface area contributed by atoms with Gasteiger partial charge in [0.25, 0.3) is 0 Å². The van der Waals surface area contributed by atoms with Gasteiger partial charge in [-0.3, -0.25) is 0 Å². The van der Waals surface area contributed by atoms with Crippen molar-refractivity contribution in [3.8, 4) is 11.5 Å². The standard InChI is InChI=1S/C30H34FNO6S/c1-2-36-28(29(33)34)21-23-9-13-26(14-10-23)37-19-18-32(30(35)38-27-15-11-25(31)12-16-27)17-6-20-39-22-24-7-4-3-5-8-24/h3-5,7-16,28H,2,6,17-22H2,1H3,(H,33,34). The van der Waals surface area contributed by atoms with Crippen LogP contribution in [0.3, 0.4) is 0 Å². The van der Waals surface area contributed by atoms with Crippen LogP contribution in [0, 0.1) is 5.82 Å². The zero-order valence-corrected chi connectivity index (χ0v) is 22.8. The van der Waals surface area contributed by atoms with E-state index in [1.165, 1.54) is 29.8 Å². The van der Waals surface area contributed by atoms with Gasteiger partial charge in [0, 0.05) is 25.3 Å². The molecular formula is C30H34FNO6S. The smallest absolute Gasteiger partial charge is 0.415 e. The molecule has 1 atom stereocenters. The van der Waals surface area contributed by atoms with Crippen molar-refractivity contribution in [1.29, 1.82) is 0 Å². The molecule has 0 aromatic heterocycles. The first-order chi connectivity index (χ1) is 18.9. The number of carbonyl (C=O) groups is 2. The number of carboxylic acids is 1. The van der Waals surface area contributed by atoms with E-state index in [0.717, 1.165) is 23.5 Å². The first-order valence-electron chi connectivity index (χ1n) is 12.8. The van der Waals surface area contributed by atoms with E-state index in [1.54, 1.807) is 47.9 Å². The molecule has 0 saturated heterocycles. The number of benzene rings is 3. The maximum Gasteiger partial charge on any atom is 0.415 e. The van der Waals surface area contributed by atoms with Gasteiger partial charge in [-0.25, -0.2) is 14.0 Å². The highest BCUT2D eigenvalue weighted by Gasteiger charge is 2.18. The average molecular weight is 556 g/mol. The second kappa shape index (κ2) is 16.4. The number of aliphatic carboxylic acids is 1. The molecule has 3 aromatic carbocycles. The van der Waals surface area contributed by atoms with Gasteiger partial charge in [-0.05, 0) is 66.6 Å². The molecule has 1 N–H and O–H groups in total. The lowest BCUT2D eigenvalue weighted by molar-refractivity contribution is -0.149. The predicted molar refractivity (Wildman–Crippen MR) is 150 cm³/mol. The van der Waals surface area contributed by atoms with Crippen molar-refractivity contribution < 1.29 is 33.3 Å². The summed E-state index contributed by atoms with van der Waals surface area (Å²) in [5, 5.41) is 9.27. The van der Waals surface area contributed by atoms with Crippen LogP contribution in [-0.4, -0.2) is 60.2 Å². The molecule has 9 heteroatoms. The monoisotopic (exact) mass is 555 g/mol. The van der Waals surface area contributed by atoms with Crippen molar-refractivity contribution in [2.75, 3.05) is 32.1 Å². The highest BCUT2D eigenvalue weighted by molar-refractivity contribution is 7.98. The van der Waals surface area contributed by atoms with Crippen molar-refractivity contribution >= 4 is 23.8 Å². The lowest BCUT2D eigenvalue weighted by atomic mass is 10.1. The third kappa shape index (κ3) is 11.0. The molecule has 1 amide bonds. The number of hydrogen-bond acceptors (Lipinski definition) is 6. The number of thioether (sulfide) groups is 1. The lowest BCUT2D eigenvalue weighted by Crippen LogP contribution is -2.37. The van der Waals surface area contributed by atoms with Crippen molar-refractivity contribution in [1.82, 2.24) is 4.90 Å². The van der Waals surface area contributed by atoms with Gasteiger partial charge in [-0.15, -0.1) is 0 Å². The molecule has 0 saturated carbocycles. The lowest BCUT2D eigenvalue weighted by Gasteiger charge is -2.22. The fourth-order valence-electron chi connectivity index (χ4n) is 3.71. The quantitative estimate of drug-likeness (QED) is 0.215. The van der Waals surface area contributed by atoms with Crippen LogP contribution in [0.2, 0.25) is 0 Å². The predicted octanol–water partition coefficient (Wildman–Crippen LogP) is 6.06. The number of ether oxygens (including phenoxy) is 3. The molecule has 1 unspecified atom stereocenters. The Hall–Kier alpha value is -3.56. The Balaban J connectivity index is 1.50. The molecule has 0 fully saturated rings. The van der Waals surface area contributed by atoms with Gasteiger partial charge in [0.05, 0.1) is 6.54 Å². The van der Waals surface area contributed by atoms with Crippen molar-refractivity contribution in [3.05, 3.63) is 95.8 Å². The minimum atomic E-state index is -0.997. The van der Waals surface area contributed by atoms with Gasteiger partial charge < -0.3 is 24.2 Å². The number of carbonyl (C=O) groups excluding carboxylic acids is 1. The Labute approximate surface area is 232 Å². The van der Waals surface area contributed by atoms with E-state index in [1.807, 2.05) is 18.2 Å². The normalized spacial score (nSPS) is 11.5. The van der Waals surface area contributed by atoms with Gasteiger partial charge in [0.2, 0.25) is 0 Å². The van der Waals surface area contributed by atoms with Crippen molar-refractivity contribution in [2.45, 2.75) is 31.6 Å². The van der Waals surface area contributed by atoms with E-state index in [2.05, 4.69) is 12.1 Å². The number of nitrogens with zero attached hydrogens (tertiary/aromatic N) is 1. The second-order valence-electron chi connectivity index (χ2n) is 8.68. The zero-order valence-electron chi connectivity index (χ0n) is 22.0. The van der Waals surface area contributed by atoms with E-state index in [9.17, 15) is 19.1 Å². The zero-order chi connectivity index (χ0) is 27.9. The van der Waals surface area contributed by atoms with Gasteiger partial charge in [-0.1, -0.05) is 42.5 Å². The first kappa shape index (κ1) is 30.0. The summed E-state index contributed by atoms with van der Waals surface area (Å²) >= 11 is 1.80. The fourth-order valence-corrected chi connectivity index (χ4v) is 4.62. The molecule has 0 radical (unpaired) electrons. The van der Waals surface area contributed by atoms with Gasteiger partial charge in [0.15, 0.2) is 6.10 Å². The third-order valence-electron chi connectivity index (χ3n) is 5.72. The largest absolute Gasteiger partial charge is 0.492 e. The van der Waals surface area contributed by atoms with E-state index >= 15 is 0 Å². The topological polar surface area (TPSA) is 85.3 Å². The first-order valence-corrected chi connectivity index (χ1v) is 14.0. The molecular weight excluding hydrogens is 521 g/mol. The van der Waals surface area contributed by atoms with Crippen LogP contribution in [-0.2, 0) is 21.7 Å². The average Bonchev–Trinajstić information content (AvgIpc) is 2.94. The van der Waals surface area contributed by atoms with Crippen LogP contribution >= 0.6 is 11.8 Å². The number of carboxylic acid groups (broad SMARTS) is 1. The number of amides is 1. The molecule has 0 aliphatic heterocycles. The molecule has 3 rings (SSSR count). The maximum atomic E-state index is 13.2. The van der Waals surface area contributed by atoms with Crippen molar-refractivity contribution in [2.24, 2.45) is 0 Å². The number of halogens is 1. The third-order valence-corrected chi connectivity index (χ3v) is 6.84. The van der Waals surface area contributed by atoms with E-state index in [-0.39, 0.29) is 18.8 Å². The van der Waals surface area contributed by atoms with Crippen LogP contribution in [0.5, 0.6) is 11.5 Å². The molecule has 0 heterocycles. The SMILES string of the molecule is CCOC(Cc1ccc(OCCN(CCCSCc2ccccc2)C(=O)Oc2ccc(F)cc2)cc1)C(=O)O. The highest BCUT2D eigenvalue weighted by Crippen LogP contribution is 2.17. The minimum Gasteiger partial charge on any atom is -0.492 e. The van der Waals surface area contributed by atoms with Crippen LogP contribution in [0.1, 0.15) is 24.5 Å². The molecule has 7 nitrogen and oxygen atoms in total. The highest BCUT2D eigenvalue weighted by atomic mass is 32.2. The summed E-state index contributed by atoms with van der Waals surface area (Å²) in [4.78, 5) is 25.8. The summed E-state index contributed by atoms with van der Waals surface area (Å²) in [6, 6.07) is 22.7. The molecule has 0 spiro atoms. The van der Waals surface area contributed by atoms with Gasteiger partial charge in [-0.2, -0.15) is 11.8 Å². The summed E-state index contributed by atoms with van der Waals surface area (Å²) in [6.07, 6.45) is -0.387. The molecule has 208 valence electrons. The Kier molecular flexibility index (Phi) is 12.6. The fraction of sp³-hybridized carbons (Fsp3) is 0.333. The Morgan fingerprint density at radius 1 is 0.923 bits per heavy atom. The van der Waals surface area contributed by atoms with E-state index < -0.39 is 24.0 Å². The Bertz CT molecular complexity index is 1140. The molecule has 0 aliphatic carbocycles. The van der Waals surface area contributed by atoms with Gasteiger partial charge >= 0.3 is 12.1 Å². The van der Waals surface area contributed by atoms with Crippen LogP contribution in [0.15, 0.2) is 78.9 Å². The molecule has 39 heavy (non-hydrogen) atoms. The Morgan fingerprint density at radius 2 is 1.62 bits per heavy atom.